The third kappa shape index (κ3) is 30.9. The molecule has 0 aromatic rings. The Balaban J connectivity index is -0.00000131. The van der Waals surface area contributed by atoms with Gasteiger partial charge in [-0.1, -0.05) is 155 Å². The van der Waals surface area contributed by atoms with Gasteiger partial charge in [-0.2, -0.15) is 0 Å². The van der Waals surface area contributed by atoms with Gasteiger partial charge in [-0.05, 0) is 6.42 Å². The van der Waals surface area contributed by atoms with Gasteiger partial charge in [0.05, 0.1) is 0 Å². The summed E-state index contributed by atoms with van der Waals surface area (Å²) in [7, 11) is 0. The molecule has 0 atom stereocenters. The summed E-state index contributed by atoms with van der Waals surface area (Å²) < 4.78 is 0. The second-order valence-electron chi connectivity index (χ2n) is 9.28. The Morgan fingerprint density at radius 2 is 0.667 bits per heavy atom. The van der Waals surface area contributed by atoms with Crippen molar-refractivity contribution in [2.75, 3.05) is 0 Å². The molecule has 0 spiro atoms. The van der Waals surface area contributed by atoms with Crippen molar-refractivity contribution in [3.05, 3.63) is 0 Å². The van der Waals surface area contributed by atoms with Crippen LogP contribution >= 0.6 is 0 Å². The topological polar surface area (TPSA) is 37.3 Å². The van der Waals surface area contributed by atoms with E-state index >= 15 is 0 Å². The normalized spacial score (nSPS) is 10.8. The zero-order valence-corrected chi connectivity index (χ0v) is 22.9. The van der Waals surface area contributed by atoms with E-state index in [0.717, 1.165) is 12.8 Å². The number of carboxylic acid groups (broad SMARTS) is 1. The molecule has 3 heteroatoms. The molecule has 2 nitrogen and oxygen atoms in total. The second kappa shape index (κ2) is 29.7. The van der Waals surface area contributed by atoms with Crippen molar-refractivity contribution in [2.45, 2.75) is 167 Å². The van der Waals surface area contributed by atoms with E-state index in [4.69, 9.17) is 5.11 Å². The van der Waals surface area contributed by atoms with Gasteiger partial charge in [-0.15, -0.1) is 0 Å². The molecule has 0 radical (unpaired) electrons. The number of aliphatic carboxylic acids is 1. The SMILES string of the molecule is CCCCCCCCCCCCCCCCCCCCCCCCCCC(=O)O.[Ca+2].[H-].[H-]. The number of carbonyl (C=O) groups is 1. The Hall–Kier alpha value is 0.730. The Kier molecular flexibility index (Phi) is 32.6. The van der Waals surface area contributed by atoms with Crippen LogP contribution in [0.2, 0.25) is 0 Å². The predicted molar refractivity (Wildman–Crippen MR) is 137 cm³/mol. The Bertz CT molecular complexity index is 331. The van der Waals surface area contributed by atoms with Crippen LogP contribution in [0.5, 0.6) is 0 Å². The van der Waals surface area contributed by atoms with Crippen molar-refractivity contribution in [3.8, 4) is 0 Å². The van der Waals surface area contributed by atoms with Gasteiger partial charge in [-0.25, -0.2) is 0 Å². The van der Waals surface area contributed by atoms with Gasteiger partial charge in [0.25, 0.3) is 0 Å². The van der Waals surface area contributed by atoms with E-state index in [1.54, 1.807) is 0 Å². The molecule has 0 bridgehead atoms. The van der Waals surface area contributed by atoms with Crippen LogP contribution in [-0.2, 0) is 4.79 Å². The van der Waals surface area contributed by atoms with Gasteiger partial charge in [0.1, 0.15) is 0 Å². The van der Waals surface area contributed by atoms with Crippen molar-refractivity contribution in [3.63, 3.8) is 0 Å². The minimum absolute atomic E-state index is 0. The van der Waals surface area contributed by atoms with Crippen LogP contribution in [-0.4, -0.2) is 48.8 Å². The van der Waals surface area contributed by atoms with Crippen LogP contribution in [0.15, 0.2) is 0 Å². The molecular formula is C27H56CaO2. The van der Waals surface area contributed by atoms with E-state index in [-0.39, 0.29) is 40.6 Å². The summed E-state index contributed by atoms with van der Waals surface area (Å²) in [5.41, 5.74) is 0. The summed E-state index contributed by atoms with van der Waals surface area (Å²) in [6.45, 7) is 2.29. The van der Waals surface area contributed by atoms with Gasteiger partial charge < -0.3 is 7.96 Å². The molecule has 0 unspecified atom stereocenters. The molecule has 0 rings (SSSR count). The first-order valence-corrected chi connectivity index (χ1v) is 13.5. The molecule has 30 heavy (non-hydrogen) atoms. The minimum atomic E-state index is -0.649. The summed E-state index contributed by atoms with van der Waals surface area (Å²) in [5, 5.41) is 8.59. The third-order valence-corrected chi connectivity index (χ3v) is 6.24. The van der Waals surface area contributed by atoms with E-state index in [9.17, 15) is 4.79 Å². The molecule has 0 fully saturated rings. The van der Waals surface area contributed by atoms with Gasteiger partial charge in [0, 0.05) is 6.42 Å². The Labute approximate surface area is 222 Å². The van der Waals surface area contributed by atoms with Crippen molar-refractivity contribution in [1.29, 1.82) is 0 Å². The molecule has 0 heterocycles. The summed E-state index contributed by atoms with van der Waals surface area (Å²) >= 11 is 0. The maximum absolute atomic E-state index is 10.4. The van der Waals surface area contributed by atoms with Crippen molar-refractivity contribution < 1.29 is 12.8 Å². The minimum Gasteiger partial charge on any atom is -1.00 e. The van der Waals surface area contributed by atoms with Crippen LogP contribution in [0.3, 0.4) is 0 Å². The Morgan fingerprint density at radius 3 is 0.867 bits per heavy atom. The first-order chi connectivity index (χ1) is 14.3. The maximum Gasteiger partial charge on any atom is 2.00 e. The van der Waals surface area contributed by atoms with E-state index in [1.807, 2.05) is 0 Å². The molecule has 0 aromatic heterocycles. The van der Waals surface area contributed by atoms with Crippen molar-refractivity contribution in [1.82, 2.24) is 0 Å². The molecule has 0 aliphatic heterocycles. The molecule has 0 saturated carbocycles. The first-order valence-electron chi connectivity index (χ1n) is 13.5. The molecule has 178 valence electrons. The zero-order valence-electron chi connectivity index (χ0n) is 22.7. The second-order valence-corrected chi connectivity index (χ2v) is 9.28. The maximum atomic E-state index is 10.4. The quantitative estimate of drug-likeness (QED) is 0.110. The average molecular weight is 453 g/mol. The fourth-order valence-corrected chi connectivity index (χ4v) is 4.24. The summed E-state index contributed by atoms with van der Waals surface area (Å²) in [4.78, 5) is 10.4. The fourth-order valence-electron chi connectivity index (χ4n) is 4.24. The van der Waals surface area contributed by atoms with E-state index in [0.29, 0.717) is 6.42 Å². The number of hydrogen-bond acceptors (Lipinski definition) is 1. The largest absolute Gasteiger partial charge is 2.00 e. The van der Waals surface area contributed by atoms with E-state index < -0.39 is 5.97 Å². The number of rotatable bonds is 25. The molecule has 0 aromatic carbocycles. The smallest absolute Gasteiger partial charge is 1.00 e. The summed E-state index contributed by atoms with van der Waals surface area (Å²) in [6, 6.07) is 0. The predicted octanol–water partition coefficient (Wildman–Crippen LogP) is 9.69. The van der Waals surface area contributed by atoms with Crippen LogP contribution in [0, 0.1) is 0 Å². The van der Waals surface area contributed by atoms with Crippen LogP contribution in [0.1, 0.15) is 170 Å². The zero-order chi connectivity index (χ0) is 21.3. The van der Waals surface area contributed by atoms with Crippen molar-refractivity contribution in [2.24, 2.45) is 0 Å². The van der Waals surface area contributed by atoms with Crippen LogP contribution in [0.25, 0.3) is 0 Å². The van der Waals surface area contributed by atoms with Gasteiger partial charge >= 0.3 is 43.7 Å². The van der Waals surface area contributed by atoms with Gasteiger partial charge in [0.2, 0.25) is 0 Å². The molecule has 0 saturated heterocycles. The fraction of sp³-hybridized carbons (Fsp3) is 0.963. The molecule has 1 N–H and O–H groups in total. The van der Waals surface area contributed by atoms with Crippen LogP contribution in [0.4, 0.5) is 0 Å². The third-order valence-electron chi connectivity index (χ3n) is 6.24. The monoisotopic (exact) mass is 452 g/mol. The number of hydrogen-bond donors (Lipinski definition) is 1. The van der Waals surface area contributed by atoms with Crippen LogP contribution < -0.4 is 0 Å². The van der Waals surface area contributed by atoms with Gasteiger partial charge in [0.15, 0.2) is 0 Å². The van der Waals surface area contributed by atoms with Gasteiger partial charge in [-0.3, -0.25) is 4.79 Å². The van der Waals surface area contributed by atoms with E-state index in [1.165, 1.54) is 141 Å². The number of unbranched alkanes of at least 4 members (excludes halogenated alkanes) is 23. The molecule has 0 aliphatic carbocycles. The molecule has 0 amide bonds. The standard InChI is InChI=1S/C27H54O2.Ca.2H/c1-2-3-4-5-6-7-8-9-10-11-12-13-14-15-16-17-18-19-20-21-22-23-24-25-26-27(28)29;;;/h2-26H2,1H3,(H,28,29);;;/q;+2;2*-1. The van der Waals surface area contributed by atoms with Crippen molar-refractivity contribution >= 4 is 43.7 Å². The Morgan fingerprint density at radius 1 is 0.467 bits per heavy atom. The average Bonchev–Trinajstić information content (AvgIpc) is 2.71. The van der Waals surface area contributed by atoms with E-state index in [2.05, 4.69) is 6.92 Å². The number of carboxylic acids is 1. The first kappa shape index (κ1) is 32.9. The summed E-state index contributed by atoms with van der Waals surface area (Å²) in [6.07, 6.45) is 33.5. The molecule has 0 aliphatic rings. The molecular weight excluding hydrogens is 396 g/mol. The summed E-state index contributed by atoms with van der Waals surface area (Å²) in [5.74, 6) is -0.649.